The second kappa shape index (κ2) is 8.72. The van der Waals surface area contributed by atoms with E-state index in [1.807, 2.05) is 0 Å². The van der Waals surface area contributed by atoms with Crippen LogP contribution >= 0.6 is 0 Å². The van der Waals surface area contributed by atoms with Crippen molar-refractivity contribution >= 4 is 17.8 Å². The second-order valence-electron chi connectivity index (χ2n) is 8.54. The molecule has 1 aromatic heterocycles. The number of carbonyl (C=O) groups is 3. The van der Waals surface area contributed by atoms with Gasteiger partial charge in [-0.2, -0.15) is 5.10 Å². The summed E-state index contributed by atoms with van der Waals surface area (Å²) in [5.74, 6) is -1.78. The zero-order valence-corrected chi connectivity index (χ0v) is 18.3. The van der Waals surface area contributed by atoms with Gasteiger partial charge in [-0.15, -0.1) is 0 Å². The number of esters is 1. The third-order valence-electron chi connectivity index (χ3n) is 6.19. The predicted molar refractivity (Wildman–Crippen MR) is 113 cm³/mol. The van der Waals surface area contributed by atoms with Crippen LogP contribution in [0.25, 0.3) is 0 Å². The molecule has 8 nitrogen and oxygen atoms in total. The molecule has 4 rings (SSSR count). The van der Waals surface area contributed by atoms with Crippen LogP contribution in [0.4, 0.5) is 4.39 Å². The molecular formula is C23H27FN4O4. The average molecular weight is 442 g/mol. The Hall–Kier alpha value is -3.23. The number of halogens is 1. The molecule has 1 atom stereocenters. The van der Waals surface area contributed by atoms with Crippen molar-refractivity contribution < 1.29 is 23.5 Å². The first-order chi connectivity index (χ1) is 15.3. The van der Waals surface area contributed by atoms with Crippen molar-refractivity contribution in [2.75, 3.05) is 6.61 Å². The summed E-state index contributed by atoms with van der Waals surface area (Å²) in [7, 11) is 0. The minimum atomic E-state index is -1.27. The smallest absolute Gasteiger partial charge is 0.358 e. The lowest BCUT2D eigenvalue weighted by atomic mass is 9.93. The first kappa shape index (κ1) is 22.0. The first-order valence-corrected chi connectivity index (χ1v) is 10.9. The molecule has 1 saturated carbocycles. The maximum Gasteiger partial charge on any atom is 0.358 e. The summed E-state index contributed by atoms with van der Waals surface area (Å²) in [6.07, 6.45) is 3.92. The van der Waals surface area contributed by atoms with E-state index in [4.69, 9.17) is 4.74 Å². The van der Waals surface area contributed by atoms with E-state index in [9.17, 15) is 18.8 Å². The number of nitrogens with one attached hydrogen (secondary N) is 1. The van der Waals surface area contributed by atoms with Crippen LogP contribution in [-0.2, 0) is 22.6 Å². The Kier molecular flexibility index (Phi) is 5.99. The molecule has 32 heavy (non-hydrogen) atoms. The largest absolute Gasteiger partial charge is 0.461 e. The van der Waals surface area contributed by atoms with Gasteiger partial charge >= 0.3 is 5.97 Å². The molecule has 1 unspecified atom stereocenters. The average Bonchev–Trinajstić information content (AvgIpc) is 3.41. The van der Waals surface area contributed by atoms with Gasteiger partial charge in [0.15, 0.2) is 5.69 Å². The number of hydrogen-bond acceptors (Lipinski definition) is 5. The second-order valence-corrected chi connectivity index (χ2v) is 8.54. The van der Waals surface area contributed by atoms with E-state index in [1.165, 1.54) is 27.8 Å². The molecule has 2 heterocycles. The van der Waals surface area contributed by atoms with Gasteiger partial charge in [0.05, 0.1) is 13.2 Å². The number of benzene rings is 1. The van der Waals surface area contributed by atoms with Gasteiger partial charge in [-0.05, 0) is 44.4 Å². The molecular weight excluding hydrogens is 415 g/mol. The number of hydrogen-bond donors (Lipinski definition) is 1. The molecule has 0 radical (unpaired) electrons. The van der Waals surface area contributed by atoms with Crippen molar-refractivity contribution in [3.8, 4) is 0 Å². The van der Waals surface area contributed by atoms with Gasteiger partial charge in [0, 0.05) is 18.7 Å². The molecule has 2 aliphatic rings. The highest BCUT2D eigenvalue weighted by molar-refractivity contribution is 6.01. The van der Waals surface area contributed by atoms with Crippen LogP contribution in [0.15, 0.2) is 30.3 Å². The van der Waals surface area contributed by atoms with Gasteiger partial charge in [0.2, 0.25) is 5.91 Å². The molecule has 1 N–H and O–H groups in total. The molecule has 2 amide bonds. The number of rotatable bonds is 6. The molecule has 9 heteroatoms. The number of aromatic nitrogens is 2. The van der Waals surface area contributed by atoms with Crippen molar-refractivity contribution in [3.63, 3.8) is 0 Å². The zero-order chi connectivity index (χ0) is 22.9. The fourth-order valence-electron chi connectivity index (χ4n) is 4.42. The van der Waals surface area contributed by atoms with Crippen molar-refractivity contribution in [2.45, 2.75) is 64.2 Å². The Morgan fingerprint density at radius 3 is 2.72 bits per heavy atom. The van der Waals surface area contributed by atoms with Gasteiger partial charge in [0.25, 0.3) is 5.91 Å². The third kappa shape index (κ3) is 4.11. The Bertz CT molecular complexity index is 1050. The summed E-state index contributed by atoms with van der Waals surface area (Å²) in [6.45, 7) is 3.67. The molecule has 1 aliphatic heterocycles. The standard InChI is InChI=1S/C23H27FN4O4/c1-3-32-21(30)18-12-19-20(29)27(13-15-7-6-8-16(24)11-15)23(2,14-28(19)26-18)22(31)25-17-9-4-5-10-17/h6-8,11-12,17H,3-5,9-10,13-14H2,1-2H3,(H,25,31). The van der Waals surface area contributed by atoms with Crippen molar-refractivity contribution in [1.29, 1.82) is 0 Å². The Morgan fingerprint density at radius 2 is 2.03 bits per heavy atom. The van der Waals surface area contributed by atoms with Crippen LogP contribution in [0.5, 0.6) is 0 Å². The van der Waals surface area contributed by atoms with Crippen LogP contribution in [0, 0.1) is 5.82 Å². The van der Waals surface area contributed by atoms with Crippen LogP contribution in [-0.4, -0.2) is 50.7 Å². The summed E-state index contributed by atoms with van der Waals surface area (Å²) in [4.78, 5) is 40.5. The number of nitrogens with zero attached hydrogens (tertiary/aromatic N) is 3. The summed E-state index contributed by atoms with van der Waals surface area (Å²) in [5.41, 5.74) is -0.495. The maximum atomic E-state index is 13.8. The maximum absolute atomic E-state index is 13.8. The minimum Gasteiger partial charge on any atom is -0.461 e. The fraction of sp³-hybridized carbons (Fsp3) is 0.478. The van der Waals surface area contributed by atoms with E-state index in [-0.39, 0.29) is 43.0 Å². The predicted octanol–water partition coefficient (Wildman–Crippen LogP) is 2.67. The van der Waals surface area contributed by atoms with E-state index in [0.717, 1.165) is 25.7 Å². The monoisotopic (exact) mass is 442 g/mol. The summed E-state index contributed by atoms with van der Waals surface area (Å²) < 4.78 is 20.2. The molecule has 0 bridgehead atoms. The van der Waals surface area contributed by atoms with Crippen LogP contribution < -0.4 is 5.32 Å². The van der Waals surface area contributed by atoms with Gasteiger partial charge in [-0.3, -0.25) is 14.3 Å². The van der Waals surface area contributed by atoms with E-state index in [0.29, 0.717) is 5.56 Å². The lowest BCUT2D eigenvalue weighted by Gasteiger charge is -2.43. The molecule has 0 spiro atoms. The highest BCUT2D eigenvalue weighted by Gasteiger charge is 2.48. The zero-order valence-electron chi connectivity index (χ0n) is 18.3. The molecule has 1 fully saturated rings. The lowest BCUT2D eigenvalue weighted by molar-refractivity contribution is -0.134. The van der Waals surface area contributed by atoms with Crippen LogP contribution in [0.2, 0.25) is 0 Å². The van der Waals surface area contributed by atoms with Crippen molar-refractivity contribution in [2.24, 2.45) is 0 Å². The molecule has 1 aromatic carbocycles. The Balaban J connectivity index is 1.70. The van der Waals surface area contributed by atoms with Crippen LogP contribution in [0.3, 0.4) is 0 Å². The van der Waals surface area contributed by atoms with Gasteiger partial charge in [-0.1, -0.05) is 25.0 Å². The fourth-order valence-corrected chi connectivity index (χ4v) is 4.42. The highest BCUT2D eigenvalue weighted by atomic mass is 19.1. The van der Waals surface area contributed by atoms with E-state index in [2.05, 4.69) is 10.4 Å². The molecule has 1 aliphatic carbocycles. The van der Waals surface area contributed by atoms with Gasteiger partial charge < -0.3 is 15.0 Å². The van der Waals surface area contributed by atoms with Crippen molar-refractivity contribution in [3.05, 3.63) is 53.1 Å². The van der Waals surface area contributed by atoms with E-state index >= 15 is 0 Å². The van der Waals surface area contributed by atoms with Gasteiger partial charge in [-0.25, -0.2) is 9.18 Å². The van der Waals surface area contributed by atoms with Crippen LogP contribution in [0.1, 0.15) is 66.1 Å². The quantitative estimate of drug-likeness (QED) is 0.695. The topological polar surface area (TPSA) is 93.5 Å². The lowest BCUT2D eigenvalue weighted by Crippen LogP contribution is -2.64. The molecule has 0 saturated heterocycles. The minimum absolute atomic E-state index is 0.0151. The van der Waals surface area contributed by atoms with Gasteiger partial charge in [0.1, 0.15) is 17.1 Å². The SMILES string of the molecule is CCOC(=O)c1cc2n(n1)CC(C)(C(=O)NC1CCCC1)N(Cc1cccc(F)c1)C2=O. The van der Waals surface area contributed by atoms with Crippen molar-refractivity contribution in [1.82, 2.24) is 20.0 Å². The normalized spacial score (nSPS) is 20.8. The third-order valence-corrected chi connectivity index (χ3v) is 6.19. The van der Waals surface area contributed by atoms with E-state index in [1.54, 1.807) is 26.0 Å². The summed E-state index contributed by atoms with van der Waals surface area (Å²) in [5, 5.41) is 7.32. The molecule has 170 valence electrons. The Labute approximate surface area is 185 Å². The number of fused-ring (bicyclic) bond motifs is 1. The highest BCUT2D eigenvalue weighted by Crippen LogP contribution is 2.30. The number of carbonyl (C=O) groups excluding carboxylic acids is 3. The number of amides is 2. The Morgan fingerprint density at radius 1 is 1.28 bits per heavy atom. The van der Waals surface area contributed by atoms with E-state index < -0.39 is 23.2 Å². The summed E-state index contributed by atoms with van der Waals surface area (Å²) in [6, 6.07) is 7.40. The molecule has 2 aromatic rings. The summed E-state index contributed by atoms with van der Waals surface area (Å²) >= 11 is 0. The first-order valence-electron chi connectivity index (χ1n) is 10.9. The number of ether oxygens (including phenoxy) is 1.